The van der Waals surface area contributed by atoms with Crippen LogP contribution in [0.4, 0.5) is 0 Å². The van der Waals surface area contributed by atoms with Gasteiger partial charge in [-0.15, -0.1) is 0 Å². The average Bonchev–Trinajstić information content (AvgIpc) is 2.84. The van der Waals surface area contributed by atoms with Crippen molar-refractivity contribution in [2.45, 2.75) is 78.2 Å². The first-order valence-corrected chi connectivity index (χ1v) is 10.2. The second-order valence-corrected chi connectivity index (χ2v) is 10.1. The molecule has 0 radical (unpaired) electrons. The Hall–Kier alpha value is -0.380. The predicted molar refractivity (Wildman–Crippen MR) is 106 cm³/mol. The van der Waals surface area contributed by atoms with Crippen molar-refractivity contribution < 1.29 is 10.2 Å². The van der Waals surface area contributed by atoms with Crippen molar-refractivity contribution >= 4 is 0 Å². The van der Waals surface area contributed by atoms with Crippen LogP contribution in [-0.2, 0) is 0 Å². The molecular weight excluding hydrogens is 310 g/mol. The molecule has 0 amide bonds. The van der Waals surface area contributed by atoms with Crippen molar-refractivity contribution in [3.05, 3.63) is 11.1 Å². The molecule has 3 heteroatoms. The van der Waals surface area contributed by atoms with Crippen LogP contribution in [0.5, 0.6) is 0 Å². The third-order valence-corrected chi connectivity index (χ3v) is 7.19. The van der Waals surface area contributed by atoms with Gasteiger partial charge in [-0.1, -0.05) is 31.9 Å². The van der Waals surface area contributed by atoms with Crippen LogP contribution < -0.4 is 0 Å². The number of rotatable bonds is 2. The number of allylic oxidation sites excluding steroid dienone is 2. The molecule has 0 aromatic rings. The lowest BCUT2D eigenvalue weighted by Crippen LogP contribution is -2.44. The number of hydrogen-bond acceptors (Lipinski definition) is 3. The van der Waals surface area contributed by atoms with Crippen LogP contribution in [-0.4, -0.2) is 49.0 Å². The largest absolute Gasteiger partial charge is 0.396 e. The highest BCUT2D eigenvalue weighted by Crippen LogP contribution is 2.56. The zero-order valence-electron chi connectivity index (χ0n) is 17.4. The van der Waals surface area contributed by atoms with Gasteiger partial charge in [0.05, 0.1) is 6.10 Å². The summed E-state index contributed by atoms with van der Waals surface area (Å²) in [5, 5.41) is 19.8. The number of hydrogen-bond donors (Lipinski definition) is 2. The summed E-state index contributed by atoms with van der Waals surface area (Å²) < 4.78 is 0. The number of aliphatic hydroxyl groups is 2. The van der Waals surface area contributed by atoms with Crippen molar-refractivity contribution in [2.24, 2.45) is 22.7 Å². The van der Waals surface area contributed by atoms with Gasteiger partial charge < -0.3 is 15.1 Å². The summed E-state index contributed by atoms with van der Waals surface area (Å²) in [7, 11) is 6.00. The molecular formula is C22H41NO2. The summed E-state index contributed by atoms with van der Waals surface area (Å²) in [4.78, 5) is 2.00. The van der Waals surface area contributed by atoms with E-state index in [2.05, 4.69) is 20.8 Å². The molecule has 146 valence electrons. The summed E-state index contributed by atoms with van der Waals surface area (Å²) in [6.07, 6.45) is 9.01. The summed E-state index contributed by atoms with van der Waals surface area (Å²) in [6, 6.07) is 0. The van der Waals surface area contributed by atoms with Crippen LogP contribution in [0.2, 0.25) is 0 Å². The monoisotopic (exact) mass is 351 g/mol. The Labute approximate surface area is 155 Å². The average molecular weight is 352 g/mol. The van der Waals surface area contributed by atoms with Gasteiger partial charge in [0.2, 0.25) is 0 Å². The van der Waals surface area contributed by atoms with E-state index in [-0.39, 0.29) is 24.0 Å². The van der Waals surface area contributed by atoms with E-state index >= 15 is 0 Å². The standard InChI is InChI=1S/C19H32O2.C3H9N/c1-18(2)8-6-13-10-14(4-5-17(13)18)19(3)9-7-16(21)11-15(19)12-20;1-4(2)3/h14-16,20-21H,4-12H2,1-3H3;1-3H3. The van der Waals surface area contributed by atoms with Gasteiger partial charge in [-0.2, -0.15) is 0 Å². The second kappa shape index (κ2) is 8.10. The molecule has 3 aliphatic rings. The van der Waals surface area contributed by atoms with Crippen LogP contribution >= 0.6 is 0 Å². The van der Waals surface area contributed by atoms with Gasteiger partial charge in [0.1, 0.15) is 0 Å². The molecule has 0 heterocycles. The Kier molecular flexibility index (Phi) is 6.78. The van der Waals surface area contributed by atoms with Crippen LogP contribution in [0.1, 0.15) is 72.1 Å². The zero-order chi connectivity index (χ0) is 18.8. The fourth-order valence-corrected chi connectivity index (χ4v) is 5.48. The zero-order valence-corrected chi connectivity index (χ0v) is 17.4. The highest BCUT2D eigenvalue weighted by Gasteiger charge is 2.47. The smallest absolute Gasteiger partial charge is 0.0544 e. The maximum Gasteiger partial charge on any atom is 0.0544 e. The molecule has 3 rings (SSSR count). The molecule has 0 aliphatic heterocycles. The summed E-state index contributed by atoms with van der Waals surface area (Å²) in [5.74, 6) is 0.984. The first-order chi connectivity index (χ1) is 11.6. The third kappa shape index (κ3) is 4.67. The summed E-state index contributed by atoms with van der Waals surface area (Å²) in [5.41, 5.74) is 4.14. The van der Waals surface area contributed by atoms with Crippen LogP contribution in [0.15, 0.2) is 11.1 Å². The molecule has 1 fully saturated rings. The van der Waals surface area contributed by atoms with Crippen molar-refractivity contribution in [1.29, 1.82) is 0 Å². The molecule has 25 heavy (non-hydrogen) atoms. The van der Waals surface area contributed by atoms with Gasteiger partial charge in [-0.05, 0) is 95.2 Å². The molecule has 0 bridgehead atoms. The molecule has 2 N–H and O–H groups in total. The highest BCUT2D eigenvalue weighted by molar-refractivity contribution is 5.30. The van der Waals surface area contributed by atoms with Gasteiger partial charge in [-0.3, -0.25) is 0 Å². The third-order valence-electron chi connectivity index (χ3n) is 7.19. The molecule has 0 aromatic heterocycles. The van der Waals surface area contributed by atoms with Crippen molar-refractivity contribution in [1.82, 2.24) is 4.90 Å². The molecule has 3 nitrogen and oxygen atoms in total. The minimum atomic E-state index is -0.195. The van der Waals surface area contributed by atoms with Crippen LogP contribution in [0, 0.1) is 22.7 Å². The van der Waals surface area contributed by atoms with Crippen molar-refractivity contribution in [2.75, 3.05) is 27.7 Å². The van der Waals surface area contributed by atoms with E-state index in [0.29, 0.717) is 11.3 Å². The Balaban J connectivity index is 0.000000511. The molecule has 0 saturated heterocycles. The van der Waals surface area contributed by atoms with E-state index in [0.717, 1.165) is 19.3 Å². The van der Waals surface area contributed by atoms with Crippen LogP contribution in [0.3, 0.4) is 0 Å². The maximum atomic E-state index is 9.94. The lowest BCUT2D eigenvalue weighted by molar-refractivity contribution is -0.0455. The Morgan fingerprint density at radius 2 is 1.68 bits per heavy atom. The fourth-order valence-electron chi connectivity index (χ4n) is 5.48. The fraction of sp³-hybridized carbons (Fsp3) is 0.909. The molecule has 0 spiro atoms. The first-order valence-electron chi connectivity index (χ1n) is 10.2. The Bertz CT molecular complexity index is 480. The van der Waals surface area contributed by atoms with E-state index in [1.165, 1.54) is 32.1 Å². The first kappa shape index (κ1) is 20.9. The molecule has 0 aromatic carbocycles. The minimum Gasteiger partial charge on any atom is -0.396 e. The van der Waals surface area contributed by atoms with E-state index < -0.39 is 0 Å². The molecule has 1 saturated carbocycles. The minimum absolute atomic E-state index is 0.195. The molecule has 3 aliphatic carbocycles. The quantitative estimate of drug-likeness (QED) is 0.731. The van der Waals surface area contributed by atoms with Crippen molar-refractivity contribution in [3.63, 3.8) is 0 Å². The highest BCUT2D eigenvalue weighted by atomic mass is 16.3. The topological polar surface area (TPSA) is 43.7 Å². The predicted octanol–water partition coefficient (Wildman–Crippen LogP) is 4.24. The maximum absolute atomic E-state index is 9.94. The van der Waals surface area contributed by atoms with Crippen LogP contribution in [0.25, 0.3) is 0 Å². The number of nitrogens with zero attached hydrogens (tertiary/aromatic N) is 1. The van der Waals surface area contributed by atoms with E-state index in [1.54, 1.807) is 11.1 Å². The van der Waals surface area contributed by atoms with E-state index in [4.69, 9.17) is 0 Å². The van der Waals surface area contributed by atoms with E-state index in [9.17, 15) is 10.2 Å². The van der Waals surface area contributed by atoms with Gasteiger partial charge in [-0.25, -0.2) is 0 Å². The van der Waals surface area contributed by atoms with Gasteiger partial charge in [0.25, 0.3) is 0 Å². The van der Waals surface area contributed by atoms with Gasteiger partial charge >= 0.3 is 0 Å². The Morgan fingerprint density at radius 1 is 1.04 bits per heavy atom. The van der Waals surface area contributed by atoms with E-state index in [1.807, 2.05) is 26.0 Å². The molecule has 4 unspecified atom stereocenters. The normalized spacial score (nSPS) is 37.6. The lowest BCUT2D eigenvalue weighted by Gasteiger charge is -2.49. The molecule has 4 atom stereocenters. The summed E-state index contributed by atoms with van der Waals surface area (Å²) >= 11 is 0. The lowest BCUT2D eigenvalue weighted by atomic mass is 9.56. The SMILES string of the molecule is CC1(C)CCC2=C1CCC(C1(C)CCC(O)CC1CO)C2.CN(C)C. The summed E-state index contributed by atoms with van der Waals surface area (Å²) in [6.45, 7) is 7.44. The Morgan fingerprint density at radius 3 is 2.28 bits per heavy atom. The van der Waals surface area contributed by atoms with Crippen molar-refractivity contribution in [3.8, 4) is 0 Å². The number of aliphatic hydroxyl groups excluding tert-OH is 2. The van der Waals surface area contributed by atoms with Gasteiger partial charge in [0.15, 0.2) is 0 Å². The van der Waals surface area contributed by atoms with Gasteiger partial charge in [0, 0.05) is 6.61 Å². The second-order valence-electron chi connectivity index (χ2n) is 10.1.